The Morgan fingerprint density at radius 2 is 1.85 bits per heavy atom. The Kier molecular flexibility index (Phi) is 7.44. The van der Waals surface area contributed by atoms with Gasteiger partial charge in [-0.15, -0.1) is 0 Å². The number of Topliss-reactive ketones (excluding diaryl/α,β-unsaturated/α-hetero) is 1. The first-order chi connectivity index (χ1) is 16.2. The number of amides is 1. The second-order valence-corrected chi connectivity index (χ2v) is 8.67. The number of alkyl halides is 3. The zero-order valence-corrected chi connectivity index (χ0v) is 19.1. The quantitative estimate of drug-likeness (QED) is 0.584. The van der Waals surface area contributed by atoms with Crippen LogP contribution in [0.2, 0.25) is 5.02 Å². The number of hydrogen-bond donors (Lipinski definition) is 0. The first-order valence-corrected chi connectivity index (χ1v) is 11.3. The van der Waals surface area contributed by atoms with Gasteiger partial charge in [-0.3, -0.25) is 14.4 Å². The second kappa shape index (κ2) is 10.3. The second-order valence-electron chi connectivity index (χ2n) is 8.23. The summed E-state index contributed by atoms with van der Waals surface area (Å²) in [6.07, 6.45) is -4.62. The van der Waals surface area contributed by atoms with Crippen molar-refractivity contribution in [2.24, 2.45) is 0 Å². The monoisotopic (exact) mass is 500 g/mol. The number of ketones is 1. The third-order valence-corrected chi connectivity index (χ3v) is 5.89. The molecule has 1 fully saturated rings. The lowest BCUT2D eigenvalue weighted by atomic mass is 10.1. The number of rotatable bonds is 5. The van der Waals surface area contributed by atoms with Gasteiger partial charge in [0.15, 0.2) is 5.78 Å². The maximum absolute atomic E-state index is 13.0. The van der Waals surface area contributed by atoms with Gasteiger partial charge >= 0.3 is 12.3 Å². The Hall–Kier alpha value is -2.63. The highest BCUT2D eigenvalue weighted by molar-refractivity contribution is 6.30. The summed E-state index contributed by atoms with van der Waals surface area (Å²) in [6, 6.07) is 4.73. The van der Waals surface area contributed by atoms with Crippen molar-refractivity contribution < 1.29 is 32.2 Å². The summed E-state index contributed by atoms with van der Waals surface area (Å²) in [5.74, 6) is -0.0991. The zero-order chi connectivity index (χ0) is 24.3. The highest BCUT2D eigenvalue weighted by Gasteiger charge is 2.31. The van der Waals surface area contributed by atoms with E-state index in [9.17, 15) is 22.8 Å². The van der Waals surface area contributed by atoms with Gasteiger partial charge in [0.1, 0.15) is 12.3 Å². The van der Waals surface area contributed by atoms with Gasteiger partial charge in [-0.1, -0.05) is 11.6 Å². The highest BCUT2D eigenvalue weighted by Crippen LogP contribution is 2.32. The molecule has 2 aliphatic heterocycles. The molecule has 0 atom stereocenters. The van der Waals surface area contributed by atoms with Crippen molar-refractivity contribution in [2.75, 3.05) is 39.4 Å². The number of fused-ring (bicyclic) bond motifs is 1. The van der Waals surface area contributed by atoms with Crippen molar-refractivity contribution in [3.63, 3.8) is 0 Å². The largest absolute Gasteiger partial charge is 0.445 e. The summed E-state index contributed by atoms with van der Waals surface area (Å²) < 4.78 is 51.3. The van der Waals surface area contributed by atoms with Crippen LogP contribution in [0.25, 0.3) is 0 Å². The van der Waals surface area contributed by atoms with E-state index in [1.165, 1.54) is 11.0 Å². The number of halogens is 4. The van der Waals surface area contributed by atoms with Crippen molar-refractivity contribution >= 4 is 23.5 Å². The number of morpholine rings is 1. The van der Waals surface area contributed by atoms with Crippen LogP contribution in [0.3, 0.4) is 0 Å². The third-order valence-electron chi connectivity index (χ3n) is 5.68. The Bertz CT molecular complexity index is 1050. The molecule has 2 aliphatic rings. The molecule has 1 amide bonds. The topological polar surface area (TPSA) is 76.9 Å². The number of nitrogens with zero attached hydrogens (tertiary/aromatic N) is 4. The average Bonchev–Trinajstić information content (AvgIpc) is 3.09. The Morgan fingerprint density at radius 3 is 2.59 bits per heavy atom. The number of carbonyl (C=O) groups excluding carboxylic acids is 2. The normalized spacial score (nSPS) is 17.2. The first-order valence-electron chi connectivity index (χ1n) is 10.9. The van der Waals surface area contributed by atoms with Crippen molar-refractivity contribution in [1.82, 2.24) is 19.6 Å². The molecule has 4 rings (SSSR count). The summed E-state index contributed by atoms with van der Waals surface area (Å²) in [5, 5.41) is 4.33. The Balaban J connectivity index is 1.38. The molecule has 0 bridgehead atoms. The highest BCUT2D eigenvalue weighted by atomic mass is 35.5. The molecule has 0 N–H and O–H groups in total. The number of ether oxygens (including phenoxy) is 2. The zero-order valence-electron chi connectivity index (χ0n) is 18.3. The lowest BCUT2D eigenvalue weighted by molar-refractivity contribution is -0.137. The van der Waals surface area contributed by atoms with Gasteiger partial charge in [0, 0.05) is 31.2 Å². The fourth-order valence-electron chi connectivity index (χ4n) is 3.93. The summed E-state index contributed by atoms with van der Waals surface area (Å²) in [4.78, 5) is 28.8. The summed E-state index contributed by atoms with van der Waals surface area (Å²) in [7, 11) is 0. The molecular formula is C22H24ClF3N4O4. The summed E-state index contributed by atoms with van der Waals surface area (Å²) in [5.41, 5.74) is 0.278. The Morgan fingerprint density at radius 1 is 1.09 bits per heavy atom. The van der Waals surface area contributed by atoms with Crippen molar-refractivity contribution in [2.45, 2.75) is 32.3 Å². The van der Waals surface area contributed by atoms with Crippen molar-refractivity contribution in [3.05, 3.63) is 51.8 Å². The van der Waals surface area contributed by atoms with Crippen LogP contribution in [0.15, 0.2) is 24.3 Å². The molecule has 0 radical (unpaired) electrons. The third kappa shape index (κ3) is 6.08. The van der Waals surface area contributed by atoms with E-state index in [0.717, 1.165) is 12.1 Å². The van der Waals surface area contributed by atoms with Crippen molar-refractivity contribution in [3.8, 4) is 0 Å². The van der Waals surface area contributed by atoms with E-state index in [2.05, 4.69) is 5.10 Å². The molecule has 8 nitrogen and oxygen atoms in total. The van der Waals surface area contributed by atoms with Crippen LogP contribution in [-0.2, 0) is 35.3 Å². The minimum atomic E-state index is -4.55. The molecule has 0 saturated carbocycles. The number of hydrogen-bond acceptors (Lipinski definition) is 6. The van der Waals surface area contributed by atoms with Gasteiger partial charge in [0.25, 0.3) is 0 Å². The molecule has 0 spiro atoms. The van der Waals surface area contributed by atoms with Crippen LogP contribution in [0.5, 0.6) is 0 Å². The number of aryl methyl sites for hydroxylation is 1. The molecule has 1 aromatic carbocycles. The van der Waals surface area contributed by atoms with Crippen LogP contribution in [0.1, 0.15) is 33.7 Å². The summed E-state index contributed by atoms with van der Waals surface area (Å²) >= 11 is 5.79. The van der Waals surface area contributed by atoms with E-state index in [1.807, 2.05) is 4.90 Å². The Labute approximate surface area is 199 Å². The van der Waals surface area contributed by atoms with Gasteiger partial charge < -0.3 is 14.4 Å². The van der Waals surface area contributed by atoms with Crippen LogP contribution in [0, 0.1) is 0 Å². The molecule has 0 aliphatic carbocycles. The molecule has 1 saturated heterocycles. The van der Waals surface area contributed by atoms with Crippen LogP contribution in [0.4, 0.5) is 18.0 Å². The SMILES string of the molecule is O=C(CN1CCOCC1)c1cc2n(n1)CCCN(C(=O)OCc1cc(Cl)cc(C(F)(F)F)c1)C2. The molecule has 184 valence electrons. The van der Waals surface area contributed by atoms with E-state index in [-0.39, 0.29) is 36.1 Å². The smallest absolute Gasteiger partial charge is 0.416 e. The van der Waals surface area contributed by atoms with Gasteiger partial charge in [0.05, 0.1) is 37.6 Å². The number of benzene rings is 1. The van der Waals surface area contributed by atoms with Gasteiger partial charge in [0.2, 0.25) is 0 Å². The van der Waals surface area contributed by atoms with Gasteiger partial charge in [-0.2, -0.15) is 18.3 Å². The van der Waals surface area contributed by atoms with Gasteiger partial charge in [-0.25, -0.2) is 4.79 Å². The lowest BCUT2D eigenvalue weighted by Gasteiger charge is -2.25. The first kappa shape index (κ1) is 24.5. The lowest BCUT2D eigenvalue weighted by Crippen LogP contribution is -2.39. The molecule has 0 unspecified atom stereocenters. The minimum absolute atomic E-state index is 0.0891. The van der Waals surface area contributed by atoms with Crippen LogP contribution in [-0.4, -0.2) is 70.8 Å². The fourth-order valence-corrected chi connectivity index (χ4v) is 4.19. The van der Waals surface area contributed by atoms with E-state index >= 15 is 0 Å². The predicted octanol–water partition coefficient (Wildman–Crippen LogP) is 3.61. The maximum atomic E-state index is 13.0. The molecule has 12 heteroatoms. The molecule has 1 aromatic heterocycles. The fraction of sp³-hybridized carbons (Fsp3) is 0.500. The van der Waals surface area contributed by atoms with Gasteiger partial charge in [-0.05, 0) is 36.2 Å². The number of carbonyl (C=O) groups is 2. The molecule has 3 heterocycles. The van der Waals surface area contributed by atoms with E-state index in [1.54, 1.807) is 10.7 Å². The number of aromatic nitrogens is 2. The van der Waals surface area contributed by atoms with E-state index in [4.69, 9.17) is 21.1 Å². The van der Waals surface area contributed by atoms with E-state index in [0.29, 0.717) is 57.2 Å². The minimum Gasteiger partial charge on any atom is -0.445 e. The van der Waals surface area contributed by atoms with Crippen LogP contribution >= 0.6 is 11.6 Å². The maximum Gasteiger partial charge on any atom is 0.416 e. The van der Waals surface area contributed by atoms with Crippen LogP contribution < -0.4 is 0 Å². The van der Waals surface area contributed by atoms with E-state index < -0.39 is 17.8 Å². The molecular weight excluding hydrogens is 477 g/mol. The average molecular weight is 501 g/mol. The molecule has 2 aromatic rings. The van der Waals surface area contributed by atoms with Crippen molar-refractivity contribution in [1.29, 1.82) is 0 Å². The standard InChI is InChI=1S/C22H24ClF3N4O4/c23-17-9-15(8-16(10-17)22(24,25)26)14-34-21(32)29-2-1-3-30-18(12-29)11-19(27-30)20(31)13-28-4-6-33-7-5-28/h8-11H,1-7,12-14H2. The predicted molar refractivity (Wildman–Crippen MR) is 115 cm³/mol. The summed E-state index contributed by atoms with van der Waals surface area (Å²) in [6.45, 7) is 3.59. The molecule has 34 heavy (non-hydrogen) atoms.